The van der Waals surface area contributed by atoms with Gasteiger partial charge in [-0.2, -0.15) is 0 Å². The highest BCUT2D eigenvalue weighted by molar-refractivity contribution is 7.89. The van der Waals surface area contributed by atoms with Crippen LogP contribution in [0.1, 0.15) is 24.4 Å². The maximum atomic E-state index is 14.0. The van der Waals surface area contributed by atoms with E-state index in [2.05, 4.69) is 9.62 Å². The van der Waals surface area contributed by atoms with Crippen LogP contribution in [0.2, 0.25) is 15.1 Å². The average Bonchev–Trinajstić information content (AvgIpc) is 2.80. The Morgan fingerprint density at radius 1 is 0.912 bits per heavy atom. The molecule has 0 radical (unpaired) electrons. The van der Waals surface area contributed by atoms with Gasteiger partial charge in [-0.25, -0.2) is 21.9 Å². The van der Waals surface area contributed by atoms with Crippen molar-refractivity contribution in [3.8, 4) is 0 Å². The fourth-order valence-electron chi connectivity index (χ4n) is 4.21. The van der Waals surface area contributed by atoms with E-state index in [1.54, 1.807) is 24.3 Å². The van der Waals surface area contributed by atoms with Crippen LogP contribution in [0, 0.1) is 17.6 Å². The van der Waals surface area contributed by atoms with Crippen LogP contribution in [0.3, 0.4) is 0 Å². The van der Waals surface area contributed by atoms with Crippen LogP contribution < -0.4 is 9.62 Å². The lowest BCUT2D eigenvalue weighted by molar-refractivity contribution is 0.358. The Morgan fingerprint density at radius 2 is 1.62 bits per heavy atom. The van der Waals surface area contributed by atoms with Gasteiger partial charge < -0.3 is 4.90 Å². The highest BCUT2D eigenvalue weighted by atomic mass is 35.5. The van der Waals surface area contributed by atoms with E-state index in [0.29, 0.717) is 40.5 Å². The molecular weight excluding hydrogens is 525 g/mol. The zero-order valence-corrected chi connectivity index (χ0v) is 20.9. The summed E-state index contributed by atoms with van der Waals surface area (Å²) in [5.74, 6) is -1.90. The van der Waals surface area contributed by atoms with Gasteiger partial charge in [-0.3, -0.25) is 0 Å². The second kappa shape index (κ2) is 10.4. The van der Waals surface area contributed by atoms with E-state index in [9.17, 15) is 17.2 Å². The van der Waals surface area contributed by atoms with Crippen LogP contribution in [-0.4, -0.2) is 21.5 Å². The van der Waals surface area contributed by atoms with E-state index in [0.717, 1.165) is 23.4 Å². The predicted molar refractivity (Wildman–Crippen MR) is 132 cm³/mol. The molecule has 1 heterocycles. The second-order valence-corrected chi connectivity index (χ2v) is 11.2. The number of nitrogens with one attached hydrogen (secondary N) is 1. The van der Waals surface area contributed by atoms with E-state index in [-0.39, 0.29) is 18.5 Å². The van der Waals surface area contributed by atoms with Crippen molar-refractivity contribution in [2.75, 3.05) is 18.0 Å². The first-order valence-electron chi connectivity index (χ1n) is 10.6. The molecule has 0 spiro atoms. The maximum absolute atomic E-state index is 14.0. The van der Waals surface area contributed by atoms with Crippen molar-refractivity contribution in [2.45, 2.75) is 23.8 Å². The van der Waals surface area contributed by atoms with Crippen molar-refractivity contribution >= 4 is 50.5 Å². The fourth-order valence-corrected chi connectivity index (χ4v) is 6.08. The third-order valence-electron chi connectivity index (χ3n) is 5.90. The summed E-state index contributed by atoms with van der Waals surface area (Å²) in [4.78, 5) is 1.44. The van der Waals surface area contributed by atoms with Gasteiger partial charge >= 0.3 is 0 Å². The molecule has 1 aliphatic rings. The number of rotatable bonds is 6. The Morgan fingerprint density at radius 3 is 2.32 bits per heavy atom. The van der Waals surface area contributed by atoms with Gasteiger partial charge in [0.2, 0.25) is 10.0 Å². The summed E-state index contributed by atoms with van der Waals surface area (Å²) in [5, 5.41) is 1.69. The summed E-state index contributed by atoms with van der Waals surface area (Å²) < 4.78 is 55.2. The zero-order chi connectivity index (χ0) is 24.5. The molecule has 34 heavy (non-hydrogen) atoms. The molecule has 2 unspecified atom stereocenters. The van der Waals surface area contributed by atoms with E-state index in [4.69, 9.17) is 34.8 Å². The summed E-state index contributed by atoms with van der Waals surface area (Å²) in [6.45, 7) is 0.586. The fraction of sp³-hybridized carbons (Fsp3) is 0.250. The first-order chi connectivity index (χ1) is 16.1. The minimum Gasteiger partial charge on any atom is -0.364 e. The molecule has 1 saturated heterocycles. The summed E-state index contributed by atoms with van der Waals surface area (Å²) >= 11 is 18.6. The molecule has 3 aromatic carbocycles. The summed E-state index contributed by atoms with van der Waals surface area (Å²) in [6.07, 6.45) is 1.40. The molecule has 2 atom stereocenters. The van der Waals surface area contributed by atoms with Crippen molar-refractivity contribution in [3.63, 3.8) is 0 Å². The minimum absolute atomic E-state index is 0.0561. The van der Waals surface area contributed by atoms with Crippen LogP contribution in [-0.2, 0) is 10.0 Å². The van der Waals surface area contributed by atoms with E-state index in [1.165, 1.54) is 0 Å². The second-order valence-electron chi connectivity index (χ2n) is 8.18. The first-order valence-corrected chi connectivity index (χ1v) is 13.2. The molecule has 4 nitrogen and oxygen atoms in total. The number of sulfonamides is 1. The molecule has 0 aliphatic carbocycles. The lowest BCUT2D eigenvalue weighted by atomic mass is 9.88. The van der Waals surface area contributed by atoms with Gasteiger partial charge in [0.1, 0.15) is 16.5 Å². The van der Waals surface area contributed by atoms with Crippen LogP contribution in [0.25, 0.3) is 0 Å². The molecule has 1 fully saturated rings. The molecule has 0 saturated carbocycles. The van der Waals surface area contributed by atoms with Crippen LogP contribution in [0.5, 0.6) is 0 Å². The summed E-state index contributed by atoms with van der Waals surface area (Å²) in [6, 6.07) is 15.1. The Balaban J connectivity index is 1.56. The van der Waals surface area contributed by atoms with E-state index < -0.39 is 26.6 Å². The first kappa shape index (κ1) is 25.2. The Kier molecular flexibility index (Phi) is 7.69. The number of hydrogen-bond donors (Lipinski definition) is 1. The van der Waals surface area contributed by atoms with Crippen molar-refractivity contribution < 1.29 is 17.2 Å². The monoisotopic (exact) mass is 544 g/mol. The third-order valence-corrected chi connectivity index (χ3v) is 8.16. The number of benzene rings is 3. The normalized spacial score (nSPS) is 18.8. The summed E-state index contributed by atoms with van der Waals surface area (Å²) in [7, 11) is -4.21. The zero-order valence-electron chi connectivity index (χ0n) is 17.8. The van der Waals surface area contributed by atoms with Gasteiger partial charge in [0.25, 0.3) is 0 Å². The van der Waals surface area contributed by atoms with Gasteiger partial charge in [-0.1, -0.05) is 40.9 Å². The standard InChI is InChI=1S/C24H21Cl3F2N2O2S/c25-16-2-6-19(7-3-16)31-14-15(1-10-23(31)20-8-4-17(26)11-21(20)27)13-30-34(32,33)24-12-18(28)5-9-22(24)29/h2-9,11-12,15,23,30H,1,10,13-14H2. The Labute approximate surface area is 212 Å². The SMILES string of the molecule is O=S(=O)(NCC1CCC(c2ccc(Cl)cc2Cl)N(c2ccc(Cl)cc2)C1)c1cc(F)ccc1F. The smallest absolute Gasteiger partial charge is 0.243 e. The van der Waals surface area contributed by atoms with Crippen LogP contribution >= 0.6 is 34.8 Å². The van der Waals surface area contributed by atoms with Crippen molar-refractivity contribution in [1.29, 1.82) is 0 Å². The minimum atomic E-state index is -4.21. The van der Waals surface area contributed by atoms with Gasteiger partial charge in [-0.15, -0.1) is 0 Å². The van der Waals surface area contributed by atoms with Crippen molar-refractivity contribution in [1.82, 2.24) is 4.72 Å². The van der Waals surface area contributed by atoms with Gasteiger partial charge in [0.05, 0.1) is 6.04 Å². The largest absolute Gasteiger partial charge is 0.364 e. The Hall–Kier alpha value is -1.90. The van der Waals surface area contributed by atoms with E-state index in [1.807, 2.05) is 18.2 Å². The number of halogens is 5. The lowest BCUT2D eigenvalue weighted by Crippen LogP contribution is -2.43. The molecule has 0 amide bonds. The highest BCUT2D eigenvalue weighted by Gasteiger charge is 2.32. The predicted octanol–water partition coefficient (Wildman–Crippen LogP) is 6.86. The molecule has 10 heteroatoms. The maximum Gasteiger partial charge on any atom is 0.243 e. The molecule has 3 aromatic rings. The van der Waals surface area contributed by atoms with Gasteiger partial charge in [-0.05, 0) is 78.9 Å². The molecule has 0 aromatic heterocycles. The van der Waals surface area contributed by atoms with Crippen LogP contribution in [0.4, 0.5) is 14.5 Å². The molecule has 0 bridgehead atoms. The average molecular weight is 546 g/mol. The van der Waals surface area contributed by atoms with Gasteiger partial charge in [0, 0.05) is 33.8 Å². The summed E-state index contributed by atoms with van der Waals surface area (Å²) in [5.41, 5.74) is 1.83. The number of hydrogen-bond acceptors (Lipinski definition) is 3. The molecule has 1 N–H and O–H groups in total. The third kappa shape index (κ3) is 5.66. The highest BCUT2D eigenvalue weighted by Crippen LogP contribution is 2.40. The molecule has 1 aliphatic heterocycles. The topological polar surface area (TPSA) is 49.4 Å². The molecule has 4 rings (SSSR count). The van der Waals surface area contributed by atoms with E-state index >= 15 is 0 Å². The van der Waals surface area contributed by atoms with Gasteiger partial charge in [0.15, 0.2) is 0 Å². The molecule has 180 valence electrons. The Bertz CT molecular complexity index is 1290. The number of piperidine rings is 1. The number of anilines is 1. The van der Waals surface area contributed by atoms with Crippen molar-refractivity contribution in [2.24, 2.45) is 5.92 Å². The molecular formula is C24H21Cl3F2N2O2S. The lowest BCUT2D eigenvalue weighted by Gasteiger charge is -2.42. The van der Waals surface area contributed by atoms with Crippen LogP contribution in [0.15, 0.2) is 65.6 Å². The quantitative estimate of drug-likeness (QED) is 0.368. The van der Waals surface area contributed by atoms with Crippen molar-refractivity contribution in [3.05, 3.63) is 92.9 Å². The number of nitrogens with zero attached hydrogens (tertiary/aromatic N) is 1.